The van der Waals surface area contributed by atoms with Gasteiger partial charge in [-0.25, -0.2) is 4.79 Å². The van der Waals surface area contributed by atoms with Crippen molar-refractivity contribution in [2.24, 2.45) is 0 Å². The fraction of sp³-hybridized carbons (Fsp3) is 0.154. The fourth-order valence-electron chi connectivity index (χ4n) is 5.02. The van der Waals surface area contributed by atoms with Gasteiger partial charge in [-0.3, -0.25) is 9.59 Å². The predicted molar refractivity (Wildman–Crippen MR) is 181 cm³/mol. The smallest absolute Gasteiger partial charge is 0.328 e. The number of carbonyl (C=O) groups excluding carboxylic acids is 3. The number of amides is 1. The Kier molecular flexibility index (Phi) is 11.4. The van der Waals surface area contributed by atoms with E-state index in [1.807, 2.05) is 78.9 Å². The van der Waals surface area contributed by atoms with E-state index in [9.17, 15) is 14.4 Å². The van der Waals surface area contributed by atoms with Gasteiger partial charge in [0.05, 0.1) is 19.9 Å². The number of carbonyl (C=O) groups is 3. The van der Waals surface area contributed by atoms with Crippen LogP contribution in [0.2, 0.25) is 0 Å². The van der Waals surface area contributed by atoms with Crippen molar-refractivity contribution in [2.45, 2.75) is 19.0 Å². The lowest BCUT2D eigenvalue weighted by molar-refractivity contribution is -0.141. The third-order valence-corrected chi connectivity index (χ3v) is 7.48. The predicted octanol–water partition coefficient (Wildman–Crippen LogP) is 6.83. The number of para-hydroxylation sites is 1. The fourth-order valence-corrected chi connectivity index (χ4v) is 5.02. The molecule has 0 aliphatic rings. The molecule has 0 bridgehead atoms. The van der Waals surface area contributed by atoms with Gasteiger partial charge in [0.1, 0.15) is 24.2 Å². The van der Waals surface area contributed by atoms with Gasteiger partial charge in [0.15, 0.2) is 5.78 Å². The quantitative estimate of drug-likeness (QED) is 0.0771. The molecule has 8 heteroatoms. The molecule has 0 aliphatic carbocycles. The molecule has 5 aromatic rings. The van der Waals surface area contributed by atoms with E-state index < -0.39 is 12.0 Å². The molecule has 0 aliphatic heterocycles. The number of nitrogens with one attached hydrogen (secondary N) is 1. The minimum absolute atomic E-state index is 0.142. The van der Waals surface area contributed by atoms with Crippen LogP contribution in [-0.2, 0) is 27.3 Å². The molecule has 1 heterocycles. The summed E-state index contributed by atoms with van der Waals surface area (Å²) in [5.41, 5.74) is 3.45. The second-order valence-corrected chi connectivity index (χ2v) is 10.8. The Morgan fingerprint density at radius 3 is 2.21 bits per heavy atom. The van der Waals surface area contributed by atoms with Crippen molar-refractivity contribution >= 4 is 29.4 Å². The van der Waals surface area contributed by atoms with E-state index in [1.165, 1.54) is 13.2 Å². The summed E-state index contributed by atoms with van der Waals surface area (Å²) in [6, 6.07) is 36.2. The number of hydrogen-bond donors (Lipinski definition) is 1. The number of ketones is 1. The van der Waals surface area contributed by atoms with Gasteiger partial charge in [0.2, 0.25) is 5.91 Å². The number of hydrogen-bond acceptors (Lipinski definition) is 7. The Morgan fingerprint density at radius 1 is 0.809 bits per heavy atom. The molecule has 4 aromatic carbocycles. The lowest BCUT2D eigenvalue weighted by Crippen LogP contribution is -2.33. The third-order valence-electron chi connectivity index (χ3n) is 7.48. The first kappa shape index (κ1) is 32.5. The molecular weight excluding hydrogens is 592 g/mol. The monoisotopic (exact) mass is 628 g/mol. The first-order valence-electron chi connectivity index (χ1n) is 15.3. The van der Waals surface area contributed by atoms with E-state index in [2.05, 4.69) is 5.32 Å². The van der Waals surface area contributed by atoms with Crippen LogP contribution in [0, 0.1) is 0 Å². The van der Waals surface area contributed by atoms with Crippen LogP contribution in [0.1, 0.15) is 32.8 Å². The highest BCUT2D eigenvalue weighted by atomic mass is 16.5. The van der Waals surface area contributed by atoms with Crippen LogP contribution in [0.3, 0.4) is 0 Å². The van der Waals surface area contributed by atoms with Crippen LogP contribution in [-0.4, -0.2) is 48.9 Å². The highest BCUT2D eigenvalue weighted by molar-refractivity contribution is 6.12. The Morgan fingerprint density at radius 2 is 1.51 bits per heavy atom. The second kappa shape index (κ2) is 16.4. The standard InChI is InChI=1S/C39H36N2O6/c1-45-39(44)36(40-35-17-9-8-16-34(35)38(43)31-13-6-3-7-14-31)27-29-18-20-33(21-19-29)47-26-24-41(28-30-11-4-2-5-12-30)37(42)23-22-32-15-10-25-46-32/h2-23,25,36,40H,24,26-28H2,1H3/b23-22+/t36-/m0/s1. The van der Waals surface area contributed by atoms with Crippen molar-refractivity contribution < 1.29 is 28.3 Å². The minimum Gasteiger partial charge on any atom is -0.492 e. The maximum Gasteiger partial charge on any atom is 0.328 e. The van der Waals surface area contributed by atoms with Crippen molar-refractivity contribution in [3.63, 3.8) is 0 Å². The van der Waals surface area contributed by atoms with Crippen LogP contribution in [0.4, 0.5) is 5.69 Å². The van der Waals surface area contributed by atoms with Gasteiger partial charge in [-0.1, -0.05) is 84.9 Å². The maximum atomic E-state index is 13.2. The summed E-state index contributed by atoms with van der Waals surface area (Å²) in [4.78, 5) is 40.8. The number of benzene rings is 4. The van der Waals surface area contributed by atoms with E-state index in [0.29, 0.717) is 47.8 Å². The van der Waals surface area contributed by atoms with Crippen molar-refractivity contribution in [1.82, 2.24) is 4.90 Å². The molecule has 47 heavy (non-hydrogen) atoms. The molecule has 1 aromatic heterocycles. The van der Waals surface area contributed by atoms with Gasteiger partial charge >= 0.3 is 5.97 Å². The largest absolute Gasteiger partial charge is 0.492 e. The molecule has 5 rings (SSSR count). The van der Waals surface area contributed by atoms with Gasteiger partial charge < -0.3 is 24.1 Å². The number of anilines is 1. The lowest BCUT2D eigenvalue weighted by Gasteiger charge is -2.22. The maximum absolute atomic E-state index is 13.2. The number of furan rings is 1. The van der Waals surface area contributed by atoms with E-state index in [4.69, 9.17) is 13.9 Å². The Bertz CT molecular complexity index is 1770. The summed E-state index contributed by atoms with van der Waals surface area (Å²) < 4.78 is 16.4. The molecule has 0 saturated carbocycles. The molecule has 1 amide bonds. The molecule has 0 saturated heterocycles. The van der Waals surface area contributed by atoms with Crippen LogP contribution in [0.5, 0.6) is 5.75 Å². The SMILES string of the molecule is COC(=O)[C@H](Cc1ccc(OCCN(Cc2ccccc2)C(=O)/C=C/c2ccco2)cc1)Nc1ccccc1C(=O)c1ccccc1. The van der Waals surface area contributed by atoms with Crippen LogP contribution < -0.4 is 10.1 Å². The second-order valence-electron chi connectivity index (χ2n) is 10.8. The zero-order valence-electron chi connectivity index (χ0n) is 26.1. The molecular formula is C39H36N2O6. The molecule has 238 valence electrons. The highest BCUT2D eigenvalue weighted by Gasteiger charge is 2.23. The average molecular weight is 629 g/mol. The first-order valence-corrected chi connectivity index (χ1v) is 15.3. The molecule has 0 unspecified atom stereocenters. The number of ether oxygens (including phenoxy) is 2. The number of methoxy groups -OCH3 is 1. The van der Waals surface area contributed by atoms with Crippen molar-refractivity contribution in [3.05, 3.63) is 162 Å². The van der Waals surface area contributed by atoms with Crippen LogP contribution >= 0.6 is 0 Å². The Labute approximate surface area is 274 Å². The van der Waals surface area contributed by atoms with Crippen molar-refractivity contribution in [2.75, 3.05) is 25.6 Å². The van der Waals surface area contributed by atoms with E-state index in [0.717, 1.165) is 11.1 Å². The van der Waals surface area contributed by atoms with E-state index in [-0.39, 0.29) is 18.3 Å². The number of esters is 1. The lowest BCUT2D eigenvalue weighted by atomic mass is 10.00. The summed E-state index contributed by atoms with van der Waals surface area (Å²) >= 11 is 0. The number of rotatable bonds is 15. The number of nitrogens with zero attached hydrogens (tertiary/aromatic N) is 1. The molecule has 1 N–H and O–H groups in total. The van der Waals surface area contributed by atoms with Gasteiger partial charge in [-0.05, 0) is 53.6 Å². The van der Waals surface area contributed by atoms with Crippen molar-refractivity contribution in [3.8, 4) is 5.75 Å². The molecule has 0 radical (unpaired) electrons. The van der Waals surface area contributed by atoms with Gasteiger partial charge in [-0.2, -0.15) is 0 Å². The Balaban J connectivity index is 1.21. The van der Waals surface area contributed by atoms with Gasteiger partial charge in [-0.15, -0.1) is 0 Å². The average Bonchev–Trinajstić information content (AvgIpc) is 3.65. The van der Waals surface area contributed by atoms with Gasteiger partial charge in [0, 0.05) is 35.9 Å². The zero-order valence-corrected chi connectivity index (χ0v) is 26.1. The topological polar surface area (TPSA) is 98.1 Å². The Hall–Kier alpha value is -5.89. The summed E-state index contributed by atoms with van der Waals surface area (Å²) in [5.74, 6) is 0.489. The third kappa shape index (κ3) is 9.31. The molecule has 0 spiro atoms. The van der Waals surface area contributed by atoms with Crippen LogP contribution in [0.15, 0.2) is 138 Å². The first-order chi connectivity index (χ1) is 23.0. The van der Waals surface area contributed by atoms with Crippen LogP contribution in [0.25, 0.3) is 6.08 Å². The highest BCUT2D eigenvalue weighted by Crippen LogP contribution is 2.22. The molecule has 1 atom stereocenters. The zero-order chi connectivity index (χ0) is 32.8. The summed E-state index contributed by atoms with van der Waals surface area (Å²) in [6.07, 6.45) is 5.03. The summed E-state index contributed by atoms with van der Waals surface area (Å²) in [5, 5.41) is 3.23. The minimum atomic E-state index is -0.733. The van der Waals surface area contributed by atoms with E-state index in [1.54, 1.807) is 59.7 Å². The molecule has 0 fully saturated rings. The van der Waals surface area contributed by atoms with Crippen molar-refractivity contribution in [1.29, 1.82) is 0 Å². The van der Waals surface area contributed by atoms with Gasteiger partial charge in [0.25, 0.3) is 0 Å². The normalized spacial score (nSPS) is 11.5. The van der Waals surface area contributed by atoms with E-state index >= 15 is 0 Å². The molecule has 8 nitrogen and oxygen atoms in total. The summed E-state index contributed by atoms with van der Waals surface area (Å²) in [7, 11) is 1.34. The summed E-state index contributed by atoms with van der Waals surface area (Å²) in [6.45, 7) is 1.09.